The number of rotatable bonds is 3. The normalized spacial score (nSPS) is 22.7. The highest BCUT2D eigenvalue weighted by Crippen LogP contribution is 2.57. The number of aliphatic imine (C=N–C) groups is 1. The van der Waals surface area contributed by atoms with E-state index in [0.717, 1.165) is 28.4 Å². The minimum absolute atomic E-state index is 0.0867. The molecule has 40 heavy (non-hydrogen) atoms. The highest BCUT2D eigenvalue weighted by molar-refractivity contribution is 6.04. The smallest absolute Gasteiger partial charge is 0.133 e. The molecule has 4 aromatic rings. The van der Waals surface area contributed by atoms with Crippen LogP contribution in [0.25, 0.3) is 16.8 Å². The lowest BCUT2D eigenvalue weighted by atomic mass is 9.79. The van der Waals surface area contributed by atoms with Crippen LogP contribution < -0.4 is 10.1 Å². The predicted octanol–water partition coefficient (Wildman–Crippen LogP) is 8.10. The van der Waals surface area contributed by atoms with Crippen molar-refractivity contribution in [2.45, 2.75) is 37.3 Å². The molecule has 0 saturated heterocycles. The molecule has 2 aliphatic heterocycles. The van der Waals surface area contributed by atoms with Crippen LogP contribution in [0.1, 0.15) is 59.2 Å². The first kappa shape index (κ1) is 23.3. The van der Waals surface area contributed by atoms with Crippen LogP contribution in [0.2, 0.25) is 0 Å². The molecule has 2 aliphatic carbocycles. The maximum atomic E-state index is 6.62. The van der Waals surface area contributed by atoms with Crippen LogP contribution in [0, 0.1) is 0 Å². The van der Waals surface area contributed by atoms with Gasteiger partial charge in [0, 0.05) is 33.7 Å². The molecule has 4 aliphatic rings. The van der Waals surface area contributed by atoms with E-state index in [1.165, 1.54) is 33.4 Å². The molecule has 3 atom stereocenters. The highest BCUT2D eigenvalue weighted by Gasteiger charge is 2.44. The van der Waals surface area contributed by atoms with E-state index in [-0.39, 0.29) is 17.6 Å². The molecule has 0 aromatic heterocycles. The van der Waals surface area contributed by atoms with Gasteiger partial charge in [0.15, 0.2) is 0 Å². The van der Waals surface area contributed by atoms with Crippen LogP contribution in [-0.4, -0.2) is 11.9 Å². The van der Waals surface area contributed by atoms with Gasteiger partial charge < -0.3 is 10.1 Å². The summed E-state index contributed by atoms with van der Waals surface area (Å²) in [7, 11) is 0. The fraction of sp³-hybridized carbons (Fsp3) is 0.162. The molecule has 0 bridgehead atoms. The monoisotopic (exact) mass is 518 g/mol. The molecule has 3 heteroatoms. The maximum Gasteiger partial charge on any atom is 0.133 e. The summed E-state index contributed by atoms with van der Waals surface area (Å²) in [6, 6.07) is 32.3. The van der Waals surface area contributed by atoms with Gasteiger partial charge in [0.25, 0.3) is 0 Å². The van der Waals surface area contributed by atoms with E-state index in [2.05, 4.69) is 134 Å². The molecule has 3 nitrogen and oxygen atoms in total. The number of fused-ring (bicyclic) bond motifs is 7. The summed E-state index contributed by atoms with van der Waals surface area (Å²) < 4.78 is 6.62. The van der Waals surface area contributed by atoms with Crippen molar-refractivity contribution in [2.75, 3.05) is 0 Å². The first-order valence-corrected chi connectivity index (χ1v) is 14.1. The van der Waals surface area contributed by atoms with Gasteiger partial charge in [-0.05, 0) is 40.0 Å². The molecule has 194 valence electrons. The second kappa shape index (κ2) is 8.69. The number of ether oxygens (including phenoxy) is 1. The van der Waals surface area contributed by atoms with Crippen LogP contribution in [-0.2, 0) is 5.41 Å². The molecule has 0 saturated carbocycles. The minimum Gasteiger partial charge on any atom is -0.485 e. The van der Waals surface area contributed by atoms with E-state index in [9.17, 15) is 0 Å². The zero-order chi connectivity index (χ0) is 26.8. The van der Waals surface area contributed by atoms with Crippen molar-refractivity contribution in [3.05, 3.63) is 155 Å². The Kier molecular flexibility index (Phi) is 5.06. The number of hydrogen-bond donors (Lipinski definition) is 1. The molecule has 3 unspecified atom stereocenters. The van der Waals surface area contributed by atoms with E-state index < -0.39 is 0 Å². The van der Waals surface area contributed by atoms with Crippen LogP contribution >= 0.6 is 0 Å². The fourth-order valence-corrected chi connectivity index (χ4v) is 6.82. The van der Waals surface area contributed by atoms with E-state index in [1.807, 2.05) is 6.07 Å². The molecule has 2 heterocycles. The Morgan fingerprint density at radius 2 is 1.50 bits per heavy atom. The average molecular weight is 519 g/mol. The zero-order valence-corrected chi connectivity index (χ0v) is 22.6. The van der Waals surface area contributed by atoms with E-state index in [1.54, 1.807) is 0 Å². The van der Waals surface area contributed by atoms with Crippen molar-refractivity contribution in [3.8, 4) is 16.9 Å². The van der Waals surface area contributed by atoms with Crippen molar-refractivity contribution in [2.24, 2.45) is 4.99 Å². The molecule has 0 radical (unpaired) electrons. The quantitative estimate of drug-likeness (QED) is 0.297. The third-order valence-electron chi connectivity index (χ3n) is 8.84. The standard InChI is InChI=1S/C37H30N2O/c1-37(2)30-21-25(17-18-26(30)28-19-20-29-27-15-9-10-16-33(27)40-35(29)34(28)37)32-22-31(23-11-5-3-6-12-23)38-36(39-32)24-13-7-4-8-14-24/h3-22,27,32-33H,1-2H3,(H,38,39). The van der Waals surface area contributed by atoms with Crippen molar-refractivity contribution in [3.63, 3.8) is 0 Å². The number of allylic oxidation sites excluding steroid dienone is 2. The molecular weight excluding hydrogens is 488 g/mol. The summed E-state index contributed by atoms with van der Waals surface area (Å²) in [4.78, 5) is 5.22. The largest absolute Gasteiger partial charge is 0.485 e. The van der Waals surface area contributed by atoms with Gasteiger partial charge in [-0.15, -0.1) is 0 Å². The average Bonchev–Trinajstić information content (AvgIpc) is 3.50. The third-order valence-corrected chi connectivity index (χ3v) is 8.84. The second-order valence-corrected chi connectivity index (χ2v) is 11.6. The van der Waals surface area contributed by atoms with E-state index in [4.69, 9.17) is 9.73 Å². The van der Waals surface area contributed by atoms with E-state index in [0.29, 0.717) is 5.92 Å². The summed E-state index contributed by atoms with van der Waals surface area (Å²) in [6.45, 7) is 4.68. The number of nitrogens with one attached hydrogen (secondary N) is 1. The van der Waals surface area contributed by atoms with Crippen LogP contribution in [0.3, 0.4) is 0 Å². The van der Waals surface area contributed by atoms with Gasteiger partial charge in [0.2, 0.25) is 0 Å². The summed E-state index contributed by atoms with van der Waals surface area (Å²) >= 11 is 0. The van der Waals surface area contributed by atoms with Crippen molar-refractivity contribution >= 4 is 11.5 Å². The van der Waals surface area contributed by atoms with Crippen LogP contribution in [0.4, 0.5) is 0 Å². The lowest BCUT2D eigenvalue weighted by Crippen LogP contribution is -2.27. The van der Waals surface area contributed by atoms with Gasteiger partial charge in [0.1, 0.15) is 17.7 Å². The van der Waals surface area contributed by atoms with Gasteiger partial charge in [-0.25, -0.2) is 0 Å². The minimum atomic E-state index is -0.183. The summed E-state index contributed by atoms with van der Waals surface area (Å²) in [6.07, 6.45) is 11.0. The maximum absolute atomic E-state index is 6.62. The number of amidine groups is 1. The molecule has 0 spiro atoms. The molecule has 1 N–H and O–H groups in total. The predicted molar refractivity (Wildman–Crippen MR) is 163 cm³/mol. The Bertz CT molecular complexity index is 1720. The van der Waals surface area contributed by atoms with Crippen LogP contribution in [0.15, 0.2) is 126 Å². The third kappa shape index (κ3) is 3.47. The summed E-state index contributed by atoms with van der Waals surface area (Å²) in [5.74, 6) is 2.26. The Labute approximate surface area is 235 Å². The summed E-state index contributed by atoms with van der Waals surface area (Å²) in [5.41, 5.74) is 10.9. The first-order chi connectivity index (χ1) is 19.6. The fourth-order valence-electron chi connectivity index (χ4n) is 6.82. The molecule has 0 amide bonds. The number of nitrogens with zero attached hydrogens (tertiary/aromatic N) is 1. The van der Waals surface area contributed by atoms with Gasteiger partial charge in [0.05, 0.1) is 6.04 Å². The highest BCUT2D eigenvalue weighted by atomic mass is 16.5. The van der Waals surface area contributed by atoms with Gasteiger partial charge in [-0.2, -0.15) is 0 Å². The van der Waals surface area contributed by atoms with Gasteiger partial charge in [-0.3, -0.25) is 4.99 Å². The number of hydrogen-bond acceptors (Lipinski definition) is 3. The summed E-state index contributed by atoms with van der Waals surface area (Å²) in [5, 5.41) is 3.60. The molecular formula is C37H30N2O. The molecule has 8 rings (SSSR count). The Morgan fingerprint density at radius 3 is 2.30 bits per heavy atom. The zero-order valence-electron chi connectivity index (χ0n) is 22.6. The molecule has 0 fully saturated rings. The molecule has 4 aromatic carbocycles. The lowest BCUT2D eigenvalue weighted by Gasteiger charge is -2.26. The van der Waals surface area contributed by atoms with Crippen molar-refractivity contribution in [1.82, 2.24) is 5.32 Å². The van der Waals surface area contributed by atoms with E-state index >= 15 is 0 Å². The van der Waals surface area contributed by atoms with Crippen molar-refractivity contribution in [1.29, 1.82) is 0 Å². The van der Waals surface area contributed by atoms with Crippen LogP contribution in [0.5, 0.6) is 5.75 Å². The van der Waals surface area contributed by atoms with Crippen molar-refractivity contribution < 1.29 is 4.74 Å². The SMILES string of the molecule is CC1(C)c2cc(C3C=C(c4ccccc4)NC(c4ccccc4)=N3)ccc2-c2ccc3c(c21)OC1C=CC=CC31. The lowest BCUT2D eigenvalue weighted by molar-refractivity contribution is 0.265. The topological polar surface area (TPSA) is 33.6 Å². The Hall–Kier alpha value is -4.63. The second-order valence-electron chi connectivity index (χ2n) is 11.6. The van der Waals surface area contributed by atoms with Gasteiger partial charge in [-0.1, -0.05) is 123 Å². The Morgan fingerprint density at radius 1 is 0.775 bits per heavy atom. The van der Waals surface area contributed by atoms with Gasteiger partial charge >= 0.3 is 0 Å². The number of benzene rings is 4. The first-order valence-electron chi connectivity index (χ1n) is 14.1. The Balaban J connectivity index is 1.23.